The lowest BCUT2D eigenvalue weighted by molar-refractivity contribution is -0.122. The molecule has 2 N–H and O–H groups in total. The lowest BCUT2D eigenvalue weighted by atomic mass is 9.97. The summed E-state index contributed by atoms with van der Waals surface area (Å²) in [7, 11) is 3.08. The van der Waals surface area contributed by atoms with Crippen LogP contribution in [0.4, 0.5) is 5.13 Å². The lowest BCUT2D eigenvalue weighted by Gasteiger charge is -2.14. The number of amides is 2. The molecule has 0 bridgehead atoms. The Hall–Kier alpha value is -2.87. The molecule has 1 aromatic heterocycles. The van der Waals surface area contributed by atoms with Crippen LogP contribution in [0.15, 0.2) is 29.8 Å². The van der Waals surface area contributed by atoms with Gasteiger partial charge < -0.3 is 14.8 Å². The quantitative estimate of drug-likeness (QED) is 0.574. The molecule has 1 aromatic carbocycles. The fourth-order valence-electron chi connectivity index (χ4n) is 4.24. The summed E-state index contributed by atoms with van der Waals surface area (Å²) in [6.07, 6.45) is 9.65. The molecule has 170 valence electrons. The molecule has 0 spiro atoms. The predicted molar refractivity (Wildman–Crippen MR) is 125 cm³/mol. The monoisotopic (exact) mass is 455 g/mol. The number of aromatic nitrogens is 1. The molecule has 1 heterocycles. The molecule has 1 atom stereocenters. The molecule has 0 saturated heterocycles. The number of nitrogens with one attached hydrogen (secondary N) is 2. The van der Waals surface area contributed by atoms with Crippen LogP contribution < -0.4 is 20.1 Å². The van der Waals surface area contributed by atoms with E-state index < -0.39 is 0 Å². The van der Waals surface area contributed by atoms with Crippen LogP contribution in [0, 0.1) is 0 Å². The molecule has 1 unspecified atom stereocenters. The van der Waals surface area contributed by atoms with Gasteiger partial charge in [0.05, 0.1) is 25.8 Å². The smallest absolute Gasteiger partial charge is 0.257 e. The number of aryl methyl sites for hydroxylation is 1. The molecule has 0 aliphatic heterocycles. The van der Waals surface area contributed by atoms with Gasteiger partial charge in [0.15, 0.2) is 5.13 Å². The number of hydrogen-bond acceptors (Lipinski definition) is 6. The average molecular weight is 456 g/mol. The summed E-state index contributed by atoms with van der Waals surface area (Å²) >= 11 is 1.44. The number of benzene rings is 1. The summed E-state index contributed by atoms with van der Waals surface area (Å²) in [6.45, 7) is 0.669. The van der Waals surface area contributed by atoms with Crippen molar-refractivity contribution in [2.45, 2.75) is 50.9 Å². The number of carbonyl (C=O) groups excluding carboxylic acids is 2. The van der Waals surface area contributed by atoms with Crippen molar-refractivity contribution in [3.8, 4) is 11.5 Å². The first-order valence-corrected chi connectivity index (χ1v) is 11.9. The Morgan fingerprint density at radius 2 is 1.91 bits per heavy atom. The minimum Gasteiger partial charge on any atom is -0.497 e. The van der Waals surface area contributed by atoms with E-state index in [4.69, 9.17) is 9.47 Å². The number of methoxy groups -OCH3 is 2. The highest BCUT2D eigenvalue weighted by Gasteiger charge is 2.32. The van der Waals surface area contributed by atoms with Crippen LogP contribution in [-0.4, -0.2) is 37.6 Å². The second kappa shape index (κ2) is 10.2. The first kappa shape index (κ1) is 22.3. The first-order valence-electron chi connectivity index (χ1n) is 11.1. The third-order valence-electron chi connectivity index (χ3n) is 6.00. The number of anilines is 1. The van der Waals surface area contributed by atoms with E-state index in [1.165, 1.54) is 29.8 Å². The minimum atomic E-state index is -0.295. The highest BCUT2D eigenvalue weighted by Crippen LogP contribution is 2.38. The second-order valence-corrected chi connectivity index (χ2v) is 9.21. The van der Waals surface area contributed by atoms with Gasteiger partial charge in [0.2, 0.25) is 5.91 Å². The number of nitrogens with zero attached hydrogens (tertiary/aromatic N) is 1. The fraction of sp³-hybridized carbons (Fsp3) is 0.458. The fourth-order valence-corrected chi connectivity index (χ4v) is 5.28. The van der Waals surface area contributed by atoms with Crippen molar-refractivity contribution in [1.82, 2.24) is 10.3 Å². The third-order valence-corrected chi connectivity index (χ3v) is 7.05. The van der Waals surface area contributed by atoms with Crippen molar-refractivity contribution < 1.29 is 19.1 Å². The van der Waals surface area contributed by atoms with Gasteiger partial charge in [-0.3, -0.25) is 14.9 Å². The van der Waals surface area contributed by atoms with Crippen LogP contribution in [-0.2, 0) is 11.2 Å². The zero-order chi connectivity index (χ0) is 22.5. The van der Waals surface area contributed by atoms with Gasteiger partial charge in [0.1, 0.15) is 11.5 Å². The normalized spacial score (nSPS) is 17.3. The average Bonchev–Trinajstić information content (AvgIpc) is 3.39. The van der Waals surface area contributed by atoms with Gasteiger partial charge in [-0.1, -0.05) is 11.6 Å². The Morgan fingerprint density at radius 1 is 1.12 bits per heavy atom. The SMILES string of the molecule is COc1cc(OC)cc(C(=O)Nc2nc3c(s2)CCC3C(=O)NCCC2=CCCCC2)c1. The van der Waals surface area contributed by atoms with Gasteiger partial charge >= 0.3 is 0 Å². The van der Waals surface area contributed by atoms with Crippen LogP contribution in [0.5, 0.6) is 11.5 Å². The summed E-state index contributed by atoms with van der Waals surface area (Å²) in [4.78, 5) is 31.2. The Kier molecular flexibility index (Phi) is 7.09. The van der Waals surface area contributed by atoms with E-state index in [9.17, 15) is 9.59 Å². The largest absolute Gasteiger partial charge is 0.497 e. The van der Waals surface area contributed by atoms with Crippen LogP contribution in [0.1, 0.15) is 65.4 Å². The van der Waals surface area contributed by atoms with E-state index in [1.807, 2.05) is 0 Å². The van der Waals surface area contributed by atoms with Gasteiger partial charge in [-0.2, -0.15) is 0 Å². The number of allylic oxidation sites excluding steroid dienone is 1. The number of thiazole rings is 1. The van der Waals surface area contributed by atoms with E-state index in [1.54, 1.807) is 32.4 Å². The second-order valence-electron chi connectivity index (χ2n) is 8.12. The van der Waals surface area contributed by atoms with Crippen molar-refractivity contribution in [2.24, 2.45) is 0 Å². The Bertz CT molecular complexity index is 1010. The molecule has 8 heteroatoms. The van der Waals surface area contributed by atoms with Gasteiger partial charge in [0.25, 0.3) is 5.91 Å². The van der Waals surface area contributed by atoms with Crippen molar-refractivity contribution in [3.05, 3.63) is 46.0 Å². The number of rotatable bonds is 8. The molecule has 2 amide bonds. The highest BCUT2D eigenvalue weighted by molar-refractivity contribution is 7.16. The van der Waals surface area contributed by atoms with Crippen LogP contribution in [0.3, 0.4) is 0 Å². The number of carbonyl (C=O) groups is 2. The maximum absolute atomic E-state index is 12.8. The highest BCUT2D eigenvalue weighted by atomic mass is 32.1. The van der Waals surface area contributed by atoms with Crippen LogP contribution in [0.2, 0.25) is 0 Å². The number of fused-ring (bicyclic) bond motifs is 1. The van der Waals surface area contributed by atoms with Gasteiger partial charge in [-0.05, 0) is 57.1 Å². The summed E-state index contributed by atoms with van der Waals surface area (Å²) in [5.41, 5.74) is 2.67. The molecule has 2 aromatic rings. The number of hydrogen-bond donors (Lipinski definition) is 2. The zero-order valence-corrected chi connectivity index (χ0v) is 19.3. The predicted octanol–water partition coefficient (Wildman–Crippen LogP) is 4.45. The van der Waals surface area contributed by atoms with E-state index in [0.29, 0.717) is 28.7 Å². The van der Waals surface area contributed by atoms with Crippen LogP contribution >= 0.6 is 11.3 Å². The Morgan fingerprint density at radius 3 is 2.59 bits per heavy atom. The summed E-state index contributed by atoms with van der Waals surface area (Å²) in [6, 6.07) is 5.01. The standard InChI is InChI=1S/C24H29N3O4S/c1-30-17-12-16(13-18(14-17)31-2)22(28)27-24-26-21-19(8-9-20(21)32-24)23(29)25-11-10-15-6-4-3-5-7-15/h6,12-14,19H,3-5,7-11H2,1-2H3,(H,25,29)(H,26,27,28). The van der Waals surface area contributed by atoms with E-state index >= 15 is 0 Å². The number of ether oxygens (including phenoxy) is 2. The molecule has 2 aliphatic carbocycles. The van der Waals surface area contributed by atoms with E-state index in [0.717, 1.165) is 42.7 Å². The van der Waals surface area contributed by atoms with Crippen molar-refractivity contribution in [3.63, 3.8) is 0 Å². The van der Waals surface area contributed by atoms with E-state index in [2.05, 4.69) is 21.7 Å². The van der Waals surface area contributed by atoms with Gasteiger partial charge in [0, 0.05) is 23.1 Å². The molecule has 0 fully saturated rings. The minimum absolute atomic E-state index is 0.0286. The summed E-state index contributed by atoms with van der Waals surface area (Å²) in [5, 5.41) is 6.44. The van der Waals surface area contributed by atoms with Crippen LogP contribution in [0.25, 0.3) is 0 Å². The summed E-state index contributed by atoms with van der Waals surface area (Å²) in [5.74, 6) is 0.565. The molecule has 0 radical (unpaired) electrons. The molecule has 32 heavy (non-hydrogen) atoms. The van der Waals surface area contributed by atoms with Gasteiger partial charge in [-0.15, -0.1) is 11.3 Å². The Balaban J connectivity index is 1.37. The Labute approximate surface area is 192 Å². The van der Waals surface area contributed by atoms with Crippen molar-refractivity contribution >= 4 is 28.3 Å². The topological polar surface area (TPSA) is 89.6 Å². The molecule has 2 aliphatic rings. The molecular weight excluding hydrogens is 426 g/mol. The molecule has 0 saturated carbocycles. The maximum atomic E-state index is 12.8. The molecular formula is C24H29N3O4S. The summed E-state index contributed by atoms with van der Waals surface area (Å²) < 4.78 is 10.5. The molecule has 7 nitrogen and oxygen atoms in total. The van der Waals surface area contributed by atoms with Gasteiger partial charge in [-0.25, -0.2) is 4.98 Å². The van der Waals surface area contributed by atoms with Crippen molar-refractivity contribution in [2.75, 3.05) is 26.1 Å². The maximum Gasteiger partial charge on any atom is 0.257 e. The third kappa shape index (κ3) is 5.12. The van der Waals surface area contributed by atoms with E-state index in [-0.39, 0.29) is 17.7 Å². The van der Waals surface area contributed by atoms with Crippen molar-refractivity contribution in [1.29, 1.82) is 0 Å². The first-order chi connectivity index (χ1) is 15.6. The molecule has 4 rings (SSSR count). The lowest BCUT2D eigenvalue weighted by Crippen LogP contribution is -2.29. The zero-order valence-electron chi connectivity index (χ0n) is 18.5.